The molecule has 0 rings (SSSR count). The summed E-state index contributed by atoms with van der Waals surface area (Å²) in [5.41, 5.74) is 7.61. The van der Waals surface area contributed by atoms with Crippen molar-refractivity contribution in [3.05, 3.63) is 10.4 Å². The van der Waals surface area contributed by atoms with E-state index < -0.39 is 10.0 Å². The zero-order valence-corrected chi connectivity index (χ0v) is 5.09. The molecule has 0 spiro atoms. The minimum Gasteiger partial charge on any atom is -0.221 e. The summed E-state index contributed by atoms with van der Waals surface area (Å²) >= 11 is 0. The van der Waals surface area contributed by atoms with E-state index >= 15 is 0 Å². The molecule has 0 saturated heterocycles. The van der Waals surface area contributed by atoms with Gasteiger partial charge in [0.15, 0.2) is 0 Å². The first-order valence-corrected chi connectivity index (χ1v) is 3.52. The molecule has 0 heterocycles. The van der Waals surface area contributed by atoms with Crippen molar-refractivity contribution in [1.82, 2.24) is 0 Å². The second-order valence-electron chi connectivity index (χ2n) is 1.04. The molecule has 0 aromatic heterocycles. The van der Waals surface area contributed by atoms with Crippen molar-refractivity contribution in [2.24, 2.45) is 4.52 Å². The molecule has 0 amide bonds. The van der Waals surface area contributed by atoms with Crippen LogP contribution in [-0.2, 0) is 10.0 Å². The average Bonchev–Trinajstić information content (AvgIpc) is 1.67. The van der Waals surface area contributed by atoms with Crippen molar-refractivity contribution in [2.45, 2.75) is 6.92 Å². The Morgan fingerprint density at radius 1 is 1.75 bits per heavy atom. The van der Waals surface area contributed by atoms with Gasteiger partial charge in [0, 0.05) is 9.43 Å². The highest BCUT2D eigenvalue weighted by Crippen LogP contribution is 1.88. The van der Waals surface area contributed by atoms with Gasteiger partial charge in [-0.3, -0.25) is 0 Å². The lowest BCUT2D eigenvalue weighted by atomic mass is 11.0. The van der Waals surface area contributed by atoms with Gasteiger partial charge in [0.05, 0.1) is 5.75 Å². The van der Waals surface area contributed by atoms with E-state index in [1.54, 1.807) is 0 Å². The normalized spacial score (nSPS) is 10.1. The van der Waals surface area contributed by atoms with Gasteiger partial charge >= 0.3 is 0 Å². The highest BCUT2D eigenvalue weighted by Gasteiger charge is 1.99. The van der Waals surface area contributed by atoms with Gasteiger partial charge in [0.2, 0.25) is 10.0 Å². The fraction of sp³-hybridized carbons (Fsp3) is 1.00. The van der Waals surface area contributed by atoms with Crippen LogP contribution >= 0.6 is 0 Å². The van der Waals surface area contributed by atoms with Crippen LogP contribution in [0.3, 0.4) is 0 Å². The van der Waals surface area contributed by atoms with Gasteiger partial charge in [-0.05, 0) is 5.53 Å². The van der Waals surface area contributed by atoms with Crippen molar-refractivity contribution in [3.63, 3.8) is 0 Å². The van der Waals surface area contributed by atoms with Crippen LogP contribution in [0.25, 0.3) is 10.4 Å². The van der Waals surface area contributed by atoms with Crippen LogP contribution in [0.2, 0.25) is 0 Å². The number of hydrogen-bond donors (Lipinski definition) is 0. The van der Waals surface area contributed by atoms with E-state index in [9.17, 15) is 8.42 Å². The quantitative estimate of drug-likeness (QED) is 0.316. The fourth-order valence-electron chi connectivity index (χ4n) is 0.113. The largest absolute Gasteiger partial charge is 0.235 e. The summed E-state index contributed by atoms with van der Waals surface area (Å²) in [4.78, 5) is 2.12. The Morgan fingerprint density at radius 3 is 2.38 bits per heavy atom. The topological polar surface area (TPSA) is 82.9 Å². The maximum atomic E-state index is 10.2. The van der Waals surface area contributed by atoms with Crippen molar-refractivity contribution in [1.29, 1.82) is 0 Å². The third kappa shape index (κ3) is 2.44. The van der Waals surface area contributed by atoms with Crippen LogP contribution in [0.4, 0.5) is 0 Å². The van der Waals surface area contributed by atoms with Crippen LogP contribution < -0.4 is 0 Å². The maximum absolute atomic E-state index is 10.2. The van der Waals surface area contributed by atoms with Crippen molar-refractivity contribution < 1.29 is 8.42 Å². The van der Waals surface area contributed by atoms with E-state index in [-0.39, 0.29) is 5.75 Å². The molecule has 6 heteroatoms. The molecule has 0 radical (unpaired) electrons. The Morgan fingerprint density at radius 2 is 2.25 bits per heavy atom. The van der Waals surface area contributed by atoms with Crippen LogP contribution in [0, 0.1) is 0 Å². The van der Waals surface area contributed by atoms with Crippen LogP contribution in [0.1, 0.15) is 6.92 Å². The van der Waals surface area contributed by atoms with Crippen molar-refractivity contribution >= 4 is 10.0 Å². The summed E-state index contributed by atoms with van der Waals surface area (Å²) in [6, 6.07) is 0. The Labute approximate surface area is 47.0 Å². The Bertz CT molecular complexity index is 199. The summed E-state index contributed by atoms with van der Waals surface area (Å²) in [5.74, 6) is -0.142. The lowest BCUT2D eigenvalue weighted by Crippen LogP contribution is -1.94. The van der Waals surface area contributed by atoms with Gasteiger partial charge in [0.1, 0.15) is 0 Å². The van der Waals surface area contributed by atoms with Gasteiger partial charge < -0.3 is 0 Å². The molecule has 5 nitrogen and oxygen atoms in total. The highest BCUT2D eigenvalue weighted by atomic mass is 32.2. The molecule has 0 unspecified atom stereocenters. The first-order chi connectivity index (χ1) is 3.62. The number of azide groups is 1. The van der Waals surface area contributed by atoms with Crippen molar-refractivity contribution in [3.8, 4) is 0 Å². The molecule has 0 atom stereocenters. The zero-order chi connectivity index (χ0) is 6.62. The molecule has 0 N–H and O–H groups in total. The molecule has 0 saturated carbocycles. The van der Waals surface area contributed by atoms with Gasteiger partial charge in [-0.2, -0.15) is 0 Å². The summed E-state index contributed by atoms with van der Waals surface area (Å²) in [5, 5.41) is 0. The van der Waals surface area contributed by atoms with E-state index in [0.717, 1.165) is 0 Å². The molecular weight excluding hydrogens is 130 g/mol. The molecule has 0 aliphatic heterocycles. The van der Waals surface area contributed by atoms with Crippen LogP contribution in [-0.4, -0.2) is 14.2 Å². The lowest BCUT2D eigenvalue weighted by Gasteiger charge is -1.81. The number of hydrogen-bond acceptors (Lipinski definition) is 2. The van der Waals surface area contributed by atoms with Gasteiger partial charge in [-0.25, -0.2) is 8.42 Å². The monoisotopic (exact) mass is 135 g/mol. The summed E-state index contributed by atoms with van der Waals surface area (Å²) in [6.07, 6.45) is 0. The highest BCUT2D eigenvalue weighted by molar-refractivity contribution is 7.89. The molecule has 8 heavy (non-hydrogen) atoms. The van der Waals surface area contributed by atoms with E-state index in [4.69, 9.17) is 5.53 Å². The third-order valence-corrected chi connectivity index (χ3v) is 1.58. The first-order valence-electron chi connectivity index (χ1n) is 1.91. The minimum atomic E-state index is -3.46. The van der Waals surface area contributed by atoms with E-state index in [0.29, 0.717) is 0 Å². The van der Waals surface area contributed by atoms with Crippen molar-refractivity contribution in [2.75, 3.05) is 5.75 Å². The molecular formula is C2H5N3O2S. The molecule has 0 aliphatic carbocycles. The predicted molar refractivity (Wildman–Crippen MR) is 28.6 cm³/mol. The second kappa shape index (κ2) is 2.54. The fourth-order valence-corrected chi connectivity index (χ4v) is 0.340. The predicted octanol–water partition coefficient (Wildman–Crippen LogP) is 0.646. The molecule has 46 valence electrons. The first kappa shape index (κ1) is 7.26. The molecule has 0 aliphatic rings. The van der Waals surface area contributed by atoms with Crippen LogP contribution in [0.5, 0.6) is 0 Å². The van der Waals surface area contributed by atoms with Gasteiger partial charge in [-0.1, -0.05) is 6.92 Å². The smallest absolute Gasteiger partial charge is 0.221 e. The molecule has 0 bridgehead atoms. The Kier molecular flexibility index (Phi) is 2.30. The maximum Gasteiger partial charge on any atom is 0.235 e. The summed E-state index contributed by atoms with van der Waals surface area (Å²) in [7, 11) is -3.46. The van der Waals surface area contributed by atoms with E-state index in [2.05, 4.69) is 9.43 Å². The second-order valence-corrected chi connectivity index (χ2v) is 2.95. The van der Waals surface area contributed by atoms with E-state index in [1.165, 1.54) is 6.92 Å². The molecule has 0 fully saturated rings. The standard InChI is InChI=1S/C2H5N3O2S/c1-2-8(6,7)5-4-3/h2H2,1H3. The SMILES string of the molecule is CCS(=O)(=O)N=[N+]=[N-]. The van der Waals surface area contributed by atoms with Gasteiger partial charge in [-0.15, -0.1) is 0 Å². The van der Waals surface area contributed by atoms with E-state index in [1.807, 2.05) is 0 Å². The molecule has 0 aromatic carbocycles. The van der Waals surface area contributed by atoms with Crippen LogP contribution in [0.15, 0.2) is 4.52 Å². The Hall–Kier alpha value is -0.740. The number of rotatable bonds is 2. The minimum absolute atomic E-state index is 0.142. The summed E-state index contributed by atoms with van der Waals surface area (Å²) < 4.78 is 22.9. The van der Waals surface area contributed by atoms with Gasteiger partial charge in [0.25, 0.3) is 0 Å². The number of nitrogens with zero attached hydrogens (tertiary/aromatic N) is 3. The average molecular weight is 135 g/mol. The third-order valence-electron chi connectivity index (χ3n) is 0.526. The lowest BCUT2D eigenvalue weighted by molar-refractivity contribution is 0.598. The zero-order valence-electron chi connectivity index (χ0n) is 4.27. The Balaban J connectivity index is 4.41. The summed E-state index contributed by atoms with van der Waals surface area (Å²) in [6.45, 7) is 1.41. The molecule has 0 aromatic rings. The number of sulfonamides is 1.